The molecule has 0 radical (unpaired) electrons. The van der Waals surface area contributed by atoms with E-state index in [4.69, 9.17) is 0 Å². The number of aromatic nitrogens is 2. The van der Waals surface area contributed by atoms with E-state index in [0.717, 1.165) is 12.2 Å². The Labute approximate surface area is 61.8 Å². The molecule has 0 fully saturated rings. The highest BCUT2D eigenvalue weighted by Crippen LogP contribution is 1.87. The van der Waals surface area contributed by atoms with Crippen molar-refractivity contribution in [3.63, 3.8) is 0 Å². The minimum absolute atomic E-state index is 0.861. The molecule has 1 heterocycles. The van der Waals surface area contributed by atoms with E-state index in [1.165, 1.54) is 0 Å². The molecule has 0 aliphatic carbocycles. The molecule has 0 bridgehead atoms. The van der Waals surface area contributed by atoms with Crippen molar-refractivity contribution in [3.8, 4) is 0 Å². The van der Waals surface area contributed by atoms with Crippen LogP contribution >= 0.6 is 0 Å². The average Bonchev–Trinajstić information content (AvgIpc) is 2.46. The molecular formula is C7H15N3. The maximum atomic E-state index is 3.78. The van der Waals surface area contributed by atoms with E-state index >= 15 is 0 Å². The molecule has 0 saturated carbocycles. The number of nitrogens with zero attached hydrogens (tertiary/aromatic N) is 1. The van der Waals surface area contributed by atoms with Crippen LogP contribution in [0.15, 0.2) is 12.3 Å². The van der Waals surface area contributed by atoms with E-state index in [0.29, 0.717) is 0 Å². The van der Waals surface area contributed by atoms with Crippen molar-refractivity contribution < 1.29 is 0 Å². The minimum Gasteiger partial charge on any atom is -0.314 e. The van der Waals surface area contributed by atoms with Crippen molar-refractivity contribution in [2.24, 2.45) is 0 Å². The Balaban J connectivity index is 0.000000371. The lowest BCUT2D eigenvalue weighted by Gasteiger charge is -1.89. The summed E-state index contributed by atoms with van der Waals surface area (Å²) in [5.74, 6) is 0. The molecule has 3 heteroatoms. The predicted octanol–water partition coefficient (Wildman–Crippen LogP) is 1.16. The lowest BCUT2D eigenvalue weighted by Crippen LogP contribution is -2.04. The van der Waals surface area contributed by atoms with Gasteiger partial charge in [-0.1, -0.05) is 13.8 Å². The number of hydrogen-bond donors (Lipinski definition) is 2. The van der Waals surface area contributed by atoms with Gasteiger partial charge in [-0.2, -0.15) is 5.10 Å². The van der Waals surface area contributed by atoms with Gasteiger partial charge in [0.05, 0.1) is 0 Å². The lowest BCUT2D eigenvalue weighted by molar-refractivity contribution is 0.784. The summed E-state index contributed by atoms with van der Waals surface area (Å²) in [7, 11) is 1.90. The Morgan fingerprint density at radius 1 is 1.60 bits per heavy atom. The van der Waals surface area contributed by atoms with Crippen LogP contribution in [0.1, 0.15) is 19.5 Å². The van der Waals surface area contributed by atoms with Gasteiger partial charge < -0.3 is 5.32 Å². The van der Waals surface area contributed by atoms with E-state index in [2.05, 4.69) is 15.5 Å². The number of aromatic amines is 1. The van der Waals surface area contributed by atoms with Crippen molar-refractivity contribution in [1.82, 2.24) is 15.5 Å². The number of rotatable bonds is 2. The van der Waals surface area contributed by atoms with Crippen LogP contribution in [0.25, 0.3) is 0 Å². The second-order valence-electron chi connectivity index (χ2n) is 1.61. The molecule has 0 amide bonds. The first-order valence-corrected chi connectivity index (χ1v) is 3.56. The highest BCUT2D eigenvalue weighted by Gasteiger charge is 1.85. The maximum Gasteiger partial charge on any atom is 0.0490 e. The zero-order chi connectivity index (χ0) is 7.82. The molecule has 58 valence electrons. The quantitative estimate of drug-likeness (QED) is 0.648. The Morgan fingerprint density at radius 2 is 2.30 bits per heavy atom. The van der Waals surface area contributed by atoms with Crippen LogP contribution in [0, 0.1) is 0 Å². The van der Waals surface area contributed by atoms with E-state index in [9.17, 15) is 0 Å². The normalized spacial score (nSPS) is 8.30. The summed E-state index contributed by atoms with van der Waals surface area (Å²) < 4.78 is 0. The van der Waals surface area contributed by atoms with Crippen molar-refractivity contribution in [2.45, 2.75) is 20.4 Å². The lowest BCUT2D eigenvalue weighted by atomic mass is 10.4. The zero-order valence-electron chi connectivity index (χ0n) is 6.81. The minimum atomic E-state index is 0.861. The van der Waals surface area contributed by atoms with Gasteiger partial charge in [0, 0.05) is 18.4 Å². The maximum absolute atomic E-state index is 3.78. The van der Waals surface area contributed by atoms with Gasteiger partial charge in [0.1, 0.15) is 0 Å². The fourth-order valence-electron chi connectivity index (χ4n) is 0.574. The largest absolute Gasteiger partial charge is 0.314 e. The molecule has 0 unspecified atom stereocenters. The molecule has 10 heavy (non-hydrogen) atoms. The number of nitrogens with one attached hydrogen (secondary N) is 2. The van der Waals surface area contributed by atoms with E-state index in [-0.39, 0.29) is 0 Å². The molecule has 0 aliphatic heterocycles. The first-order chi connectivity index (χ1) is 4.93. The summed E-state index contributed by atoms with van der Waals surface area (Å²) >= 11 is 0. The van der Waals surface area contributed by atoms with E-state index < -0.39 is 0 Å². The Bertz CT molecular complexity index is 135. The van der Waals surface area contributed by atoms with Gasteiger partial charge in [0.2, 0.25) is 0 Å². The summed E-state index contributed by atoms with van der Waals surface area (Å²) in [6.45, 7) is 4.86. The third kappa shape index (κ3) is 3.25. The standard InChI is InChI=1S/C5H9N3.C2H6/c1-6-4-5-2-3-7-8-5;1-2/h2-3,6H,4H2,1H3,(H,7,8);1-2H3. The summed E-state index contributed by atoms with van der Waals surface area (Å²) in [5.41, 5.74) is 1.12. The first kappa shape index (κ1) is 9.17. The zero-order valence-corrected chi connectivity index (χ0v) is 6.81. The van der Waals surface area contributed by atoms with Gasteiger partial charge in [-0.3, -0.25) is 5.10 Å². The van der Waals surface area contributed by atoms with Crippen LogP contribution in [-0.2, 0) is 6.54 Å². The Hall–Kier alpha value is -0.830. The van der Waals surface area contributed by atoms with Crippen LogP contribution in [0.3, 0.4) is 0 Å². The Kier molecular flexibility index (Phi) is 5.77. The summed E-state index contributed by atoms with van der Waals surface area (Å²) in [6.07, 6.45) is 1.74. The van der Waals surface area contributed by atoms with Crippen molar-refractivity contribution >= 4 is 0 Å². The summed E-state index contributed by atoms with van der Waals surface area (Å²) in [6, 6.07) is 1.94. The van der Waals surface area contributed by atoms with Crippen LogP contribution < -0.4 is 5.32 Å². The third-order valence-corrected chi connectivity index (χ3v) is 0.926. The topological polar surface area (TPSA) is 40.7 Å². The highest BCUT2D eigenvalue weighted by molar-refractivity contribution is 4.95. The average molecular weight is 141 g/mol. The van der Waals surface area contributed by atoms with Gasteiger partial charge in [0.25, 0.3) is 0 Å². The molecule has 0 saturated heterocycles. The van der Waals surface area contributed by atoms with Gasteiger partial charge in [-0.05, 0) is 13.1 Å². The molecule has 1 aromatic heterocycles. The number of H-pyrrole nitrogens is 1. The van der Waals surface area contributed by atoms with Crippen molar-refractivity contribution in [3.05, 3.63) is 18.0 Å². The number of hydrogen-bond acceptors (Lipinski definition) is 2. The molecule has 0 spiro atoms. The highest BCUT2D eigenvalue weighted by atomic mass is 15.1. The van der Waals surface area contributed by atoms with Gasteiger partial charge in [0.15, 0.2) is 0 Å². The van der Waals surface area contributed by atoms with Crippen LogP contribution in [0.4, 0.5) is 0 Å². The summed E-state index contributed by atoms with van der Waals surface area (Å²) in [4.78, 5) is 0. The molecule has 1 aromatic rings. The molecule has 0 aliphatic rings. The Morgan fingerprint density at radius 3 is 2.70 bits per heavy atom. The van der Waals surface area contributed by atoms with Gasteiger partial charge >= 0.3 is 0 Å². The van der Waals surface area contributed by atoms with E-state index in [1.54, 1.807) is 6.20 Å². The van der Waals surface area contributed by atoms with Crippen molar-refractivity contribution in [2.75, 3.05) is 7.05 Å². The third-order valence-electron chi connectivity index (χ3n) is 0.926. The molecule has 3 nitrogen and oxygen atoms in total. The smallest absolute Gasteiger partial charge is 0.0490 e. The fourth-order valence-corrected chi connectivity index (χ4v) is 0.574. The SMILES string of the molecule is CC.CNCc1ccn[nH]1. The molecule has 0 aromatic carbocycles. The molecule has 2 N–H and O–H groups in total. The summed E-state index contributed by atoms with van der Waals surface area (Å²) in [5, 5.41) is 9.60. The second-order valence-corrected chi connectivity index (χ2v) is 1.61. The second kappa shape index (κ2) is 6.29. The molecule has 1 rings (SSSR count). The molecular weight excluding hydrogens is 126 g/mol. The van der Waals surface area contributed by atoms with E-state index in [1.807, 2.05) is 27.0 Å². The van der Waals surface area contributed by atoms with Crippen LogP contribution in [0.5, 0.6) is 0 Å². The predicted molar refractivity (Wildman–Crippen MR) is 42.7 cm³/mol. The van der Waals surface area contributed by atoms with Crippen LogP contribution in [0.2, 0.25) is 0 Å². The van der Waals surface area contributed by atoms with Crippen molar-refractivity contribution in [1.29, 1.82) is 0 Å². The molecule has 0 atom stereocenters. The monoisotopic (exact) mass is 141 g/mol. The fraction of sp³-hybridized carbons (Fsp3) is 0.571. The van der Waals surface area contributed by atoms with Gasteiger partial charge in [-0.25, -0.2) is 0 Å². The van der Waals surface area contributed by atoms with Crippen LogP contribution in [-0.4, -0.2) is 17.2 Å². The first-order valence-electron chi connectivity index (χ1n) is 3.56. The van der Waals surface area contributed by atoms with Gasteiger partial charge in [-0.15, -0.1) is 0 Å².